The number of rotatable bonds is 5. The number of nitrogens with one attached hydrogen (secondary N) is 1. The zero-order valence-electron chi connectivity index (χ0n) is 15.2. The molecule has 1 fully saturated rings. The lowest BCUT2D eigenvalue weighted by atomic mass is 9.98. The van der Waals surface area contributed by atoms with Gasteiger partial charge >= 0.3 is 6.18 Å². The molecule has 0 spiro atoms. The van der Waals surface area contributed by atoms with Crippen LogP contribution < -0.4 is 5.32 Å². The summed E-state index contributed by atoms with van der Waals surface area (Å²) in [6, 6.07) is 3.33. The second-order valence-electron chi connectivity index (χ2n) is 7.44. The molecule has 1 aliphatic carbocycles. The minimum Gasteiger partial charge on any atom is -0.329 e. The second-order valence-corrected chi connectivity index (χ2v) is 7.44. The summed E-state index contributed by atoms with van der Waals surface area (Å²) in [5.41, 5.74) is 1.69. The lowest BCUT2D eigenvalue weighted by Crippen LogP contribution is -2.34. The first-order chi connectivity index (χ1) is 12.9. The number of alkyl halides is 3. The molecule has 1 aromatic heterocycles. The summed E-state index contributed by atoms with van der Waals surface area (Å²) in [5, 5.41) is 3.51. The van der Waals surface area contributed by atoms with E-state index in [1.807, 2.05) is 0 Å². The molecule has 1 aromatic carbocycles. The van der Waals surface area contributed by atoms with Crippen LogP contribution in [0.4, 0.5) is 17.6 Å². The van der Waals surface area contributed by atoms with Gasteiger partial charge in [0.1, 0.15) is 11.6 Å². The Hall–Kier alpha value is -1.89. The van der Waals surface area contributed by atoms with Crippen LogP contribution in [-0.4, -0.2) is 16.1 Å². The van der Waals surface area contributed by atoms with Crippen LogP contribution in [0.1, 0.15) is 66.5 Å². The van der Waals surface area contributed by atoms with E-state index in [0.29, 0.717) is 24.3 Å². The molecule has 1 atom stereocenters. The van der Waals surface area contributed by atoms with Gasteiger partial charge in [-0.3, -0.25) is 0 Å². The fourth-order valence-corrected chi connectivity index (χ4v) is 4.01. The molecule has 0 amide bonds. The predicted molar refractivity (Wildman–Crippen MR) is 94.0 cm³/mol. The number of fused-ring (bicyclic) bond motifs is 1. The van der Waals surface area contributed by atoms with Crippen molar-refractivity contribution in [1.82, 2.24) is 14.9 Å². The van der Waals surface area contributed by atoms with Crippen molar-refractivity contribution in [3.8, 4) is 0 Å². The van der Waals surface area contributed by atoms with Crippen molar-refractivity contribution in [2.45, 2.75) is 63.7 Å². The quantitative estimate of drug-likeness (QED) is 0.757. The van der Waals surface area contributed by atoms with Crippen molar-refractivity contribution in [2.75, 3.05) is 6.54 Å². The first-order valence-corrected chi connectivity index (χ1v) is 9.56. The van der Waals surface area contributed by atoms with E-state index in [-0.39, 0.29) is 6.04 Å². The molecule has 0 radical (unpaired) electrons. The summed E-state index contributed by atoms with van der Waals surface area (Å²) >= 11 is 0. The second kappa shape index (κ2) is 6.93. The molecule has 1 unspecified atom stereocenters. The van der Waals surface area contributed by atoms with E-state index in [4.69, 9.17) is 4.98 Å². The molecule has 1 N–H and O–H groups in total. The average molecular weight is 381 g/mol. The molecule has 7 heteroatoms. The van der Waals surface area contributed by atoms with Gasteiger partial charge in [-0.25, -0.2) is 9.37 Å². The number of hydrogen-bond acceptors (Lipinski definition) is 2. The molecule has 2 aliphatic rings. The van der Waals surface area contributed by atoms with Crippen molar-refractivity contribution >= 4 is 0 Å². The molecule has 2 aromatic rings. The number of imidazole rings is 1. The van der Waals surface area contributed by atoms with Crippen LogP contribution in [0.25, 0.3) is 0 Å². The van der Waals surface area contributed by atoms with E-state index in [2.05, 4.69) is 16.8 Å². The van der Waals surface area contributed by atoms with E-state index >= 15 is 0 Å². The molecular formula is C20H23F4N3. The van der Waals surface area contributed by atoms with Crippen LogP contribution in [0, 0.1) is 5.82 Å². The highest BCUT2D eigenvalue weighted by atomic mass is 19.4. The molecular weight excluding hydrogens is 358 g/mol. The van der Waals surface area contributed by atoms with Gasteiger partial charge in [-0.05, 0) is 49.8 Å². The van der Waals surface area contributed by atoms with Crippen molar-refractivity contribution in [2.24, 2.45) is 0 Å². The fraction of sp³-hybridized carbons (Fsp3) is 0.550. The summed E-state index contributed by atoms with van der Waals surface area (Å²) < 4.78 is 54.3. The van der Waals surface area contributed by atoms with Crippen molar-refractivity contribution in [3.05, 3.63) is 52.4 Å². The Morgan fingerprint density at radius 2 is 2.04 bits per heavy atom. The van der Waals surface area contributed by atoms with Crippen LogP contribution in [-0.2, 0) is 25.6 Å². The number of benzene rings is 1. The summed E-state index contributed by atoms with van der Waals surface area (Å²) in [6.07, 6.45) is -0.192. The molecule has 27 heavy (non-hydrogen) atoms. The van der Waals surface area contributed by atoms with Gasteiger partial charge in [0.15, 0.2) is 0 Å². The largest absolute Gasteiger partial charge is 0.419 e. The van der Waals surface area contributed by atoms with Crippen LogP contribution in [0.3, 0.4) is 0 Å². The normalized spacial score (nSPS) is 20.0. The minimum absolute atomic E-state index is 0.0963. The summed E-state index contributed by atoms with van der Waals surface area (Å²) in [5.74, 6) is 0.563. The molecule has 0 saturated heterocycles. The topological polar surface area (TPSA) is 29.9 Å². The van der Waals surface area contributed by atoms with Gasteiger partial charge in [0, 0.05) is 25.0 Å². The van der Waals surface area contributed by atoms with Crippen molar-refractivity contribution in [3.63, 3.8) is 0 Å². The van der Waals surface area contributed by atoms with E-state index in [1.54, 1.807) is 0 Å². The monoisotopic (exact) mass is 381 g/mol. The summed E-state index contributed by atoms with van der Waals surface area (Å²) in [6.45, 7) is 3.84. The molecule has 4 rings (SSSR count). The molecule has 0 bridgehead atoms. The van der Waals surface area contributed by atoms with Crippen molar-refractivity contribution in [1.29, 1.82) is 0 Å². The Balaban J connectivity index is 1.53. The molecule has 1 saturated carbocycles. The molecule has 146 valence electrons. The highest BCUT2D eigenvalue weighted by Gasteiger charge is 2.35. The Morgan fingerprint density at radius 1 is 1.26 bits per heavy atom. The number of aromatic nitrogens is 2. The Bertz CT molecular complexity index is 836. The molecule has 2 heterocycles. The summed E-state index contributed by atoms with van der Waals surface area (Å²) in [7, 11) is 0. The van der Waals surface area contributed by atoms with E-state index in [9.17, 15) is 17.6 Å². The zero-order chi connectivity index (χ0) is 19.2. The van der Waals surface area contributed by atoms with E-state index in [1.165, 1.54) is 30.4 Å². The van der Waals surface area contributed by atoms with Gasteiger partial charge in [0.2, 0.25) is 0 Å². The van der Waals surface area contributed by atoms with Gasteiger partial charge in [-0.1, -0.05) is 13.0 Å². The zero-order valence-corrected chi connectivity index (χ0v) is 15.2. The highest BCUT2D eigenvalue weighted by molar-refractivity contribution is 5.29. The smallest absolute Gasteiger partial charge is 0.329 e. The van der Waals surface area contributed by atoms with Gasteiger partial charge < -0.3 is 9.88 Å². The van der Waals surface area contributed by atoms with E-state index < -0.39 is 17.6 Å². The first-order valence-electron chi connectivity index (χ1n) is 9.56. The van der Waals surface area contributed by atoms with Crippen molar-refractivity contribution < 1.29 is 17.6 Å². The number of halogens is 4. The lowest BCUT2D eigenvalue weighted by molar-refractivity contribution is -0.140. The third-order valence-corrected chi connectivity index (χ3v) is 5.51. The Kier molecular flexibility index (Phi) is 4.74. The number of nitrogens with zero attached hydrogens (tertiary/aromatic N) is 2. The summed E-state index contributed by atoms with van der Waals surface area (Å²) in [4.78, 5) is 4.87. The molecule has 1 aliphatic heterocycles. The average Bonchev–Trinajstić information content (AvgIpc) is 3.39. The highest BCUT2D eigenvalue weighted by Crippen LogP contribution is 2.42. The van der Waals surface area contributed by atoms with Crippen LogP contribution >= 0.6 is 0 Å². The van der Waals surface area contributed by atoms with Gasteiger partial charge in [0.25, 0.3) is 0 Å². The van der Waals surface area contributed by atoms with Crippen LogP contribution in [0.15, 0.2) is 18.2 Å². The third kappa shape index (κ3) is 3.61. The Labute approximate surface area is 155 Å². The Morgan fingerprint density at radius 3 is 2.67 bits per heavy atom. The third-order valence-electron chi connectivity index (χ3n) is 5.51. The maximum Gasteiger partial charge on any atom is 0.419 e. The maximum atomic E-state index is 13.8. The van der Waals surface area contributed by atoms with Crippen LogP contribution in [0.2, 0.25) is 0 Å². The fourth-order valence-electron chi connectivity index (χ4n) is 4.01. The SMILES string of the molecule is CCc1nc(C2CC2)n2c1C(CCc1ccc(C(F)(F)F)c(F)c1)NCC2. The van der Waals surface area contributed by atoms with Gasteiger partial charge in [-0.2, -0.15) is 13.2 Å². The minimum atomic E-state index is -4.66. The number of aryl methyl sites for hydroxylation is 2. The van der Waals surface area contributed by atoms with E-state index in [0.717, 1.165) is 37.3 Å². The predicted octanol–water partition coefficient (Wildman–Crippen LogP) is 4.76. The van der Waals surface area contributed by atoms with Crippen LogP contribution in [0.5, 0.6) is 0 Å². The first kappa shape index (κ1) is 18.5. The molecule has 3 nitrogen and oxygen atoms in total. The lowest BCUT2D eigenvalue weighted by Gasteiger charge is -2.28. The maximum absolute atomic E-state index is 13.8. The van der Waals surface area contributed by atoms with Gasteiger partial charge in [0.05, 0.1) is 17.0 Å². The standard InChI is InChI=1S/C20H23F4N3/c1-2-16-18-17(25-9-10-27(18)19(26-16)13-5-6-13)8-4-12-3-7-14(15(21)11-12)20(22,23)24/h3,7,11,13,17,25H,2,4-6,8-10H2,1H3. The number of hydrogen-bond donors (Lipinski definition) is 1. The van der Waals surface area contributed by atoms with Gasteiger partial charge in [-0.15, -0.1) is 0 Å².